The Hall–Kier alpha value is -0.0400. The number of rotatable bonds is 0. The highest BCUT2D eigenvalue weighted by Crippen LogP contribution is 2.41. The summed E-state index contributed by atoms with van der Waals surface area (Å²) in [5.41, 5.74) is 0.419. The minimum Gasteiger partial charge on any atom is -0.293 e. The molecule has 0 aliphatic carbocycles. The highest BCUT2D eigenvalue weighted by molar-refractivity contribution is 4.99. The molecule has 2 aliphatic rings. The van der Waals surface area contributed by atoms with Crippen LogP contribution in [0.3, 0.4) is 0 Å². The van der Waals surface area contributed by atoms with Crippen molar-refractivity contribution in [2.75, 3.05) is 0 Å². The maximum Gasteiger partial charge on any atom is 0.0130 e. The molecule has 2 aliphatic heterocycles. The van der Waals surface area contributed by atoms with E-state index in [1.165, 1.54) is 25.7 Å². The van der Waals surface area contributed by atoms with Gasteiger partial charge in [0.05, 0.1) is 0 Å². The van der Waals surface area contributed by atoms with Gasteiger partial charge in [-0.25, -0.2) is 0 Å². The van der Waals surface area contributed by atoms with Crippen LogP contribution in [0.4, 0.5) is 0 Å². The third-order valence-corrected chi connectivity index (χ3v) is 3.23. The summed E-state index contributed by atoms with van der Waals surface area (Å²) >= 11 is 0. The van der Waals surface area contributed by atoms with Gasteiger partial charge >= 0.3 is 0 Å². The average Bonchev–Trinajstić information content (AvgIpc) is 2.40. The quantitative estimate of drug-likeness (QED) is 0.516. The number of hydrogen-bond acceptors (Lipinski definition) is 1. The fourth-order valence-electron chi connectivity index (χ4n) is 3.01. The van der Waals surface area contributed by atoms with Crippen molar-refractivity contribution >= 4 is 0 Å². The molecule has 11 heavy (non-hydrogen) atoms. The van der Waals surface area contributed by atoms with E-state index in [1.54, 1.807) is 0 Å². The van der Waals surface area contributed by atoms with Gasteiger partial charge in [-0.1, -0.05) is 0 Å². The molecule has 0 atom stereocenters. The Kier molecular flexibility index (Phi) is 1.54. The first-order valence-electron chi connectivity index (χ1n) is 4.87. The largest absolute Gasteiger partial charge is 0.293 e. The van der Waals surface area contributed by atoms with Crippen LogP contribution in [0.1, 0.15) is 46.5 Å². The predicted octanol–water partition coefficient (Wildman–Crippen LogP) is 2.41. The van der Waals surface area contributed by atoms with E-state index in [1.807, 2.05) is 0 Å². The Labute approximate surface area is 69.8 Å². The normalized spacial score (nSPS) is 38.5. The van der Waals surface area contributed by atoms with E-state index >= 15 is 0 Å². The van der Waals surface area contributed by atoms with Gasteiger partial charge in [0.15, 0.2) is 0 Å². The lowest BCUT2D eigenvalue weighted by Crippen LogP contribution is -2.44. The molecule has 2 heterocycles. The summed E-state index contributed by atoms with van der Waals surface area (Å²) in [6, 6.07) is 1.86. The minimum atomic E-state index is 0.419. The fourth-order valence-corrected chi connectivity index (χ4v) is 3.01. The molecule has 2 rings (SSSR count). The molecule has 2 fully saturated rings. The van der Waals surface area contributed by atoms with Gasteiger partial charge < -0.3 is 0 Å². The average molecular weight is 153 g/mol. The molecule has 2 saturated heterocycles. The van der Waals surface area contributed by atoms with Crippen LogP contribution in [0, 0.1) is 0 Å². The summed E-state index contributed by atoms with van der Waals surface area (Å²) in [5.74, 6) is 0. The molecule has 1 heteroatoms. The number of nitrogens with zero attached hydrogens (tertiary/aromatic N) is 1. The van der Waals surface area contributed by atoms with Crippen LogP contribution < -0.4 is 0 Å². The lowest BCUT2D eigenvalue weighted by atomic mass is 10.0. The summed E-state index contributed by atoms with van der Waals surface area (Å²) in [4.78, 5) is 2.74. The highest BCUT2D eigenvalue weighted by atomic mass is 15.3. The zero-order valence-corrected chi connectivity index (χ0v) is 7.93. The molecule has 2 bridgehead atoms. The maximum absolute atomic E-state index is 2.74. The van der Waals surface area contributed by atoms with Crippen LogP contribution in [-0.4, -0.2) is 22.5 Å². The predicted molar refractivity (Wildman–Crippen MR) is 47.6 cm³/mol. The molecule has 0 radical (unpaired) electrons. The Morgan fingerprint density at radius 2 is 1.27 bits per heavy atom. The van der Waals surface area contributed by atoms with Gasteiger partial charge in [-0.3, -0.25) is 4.90 Å². The van der Waals surface area contributed by atoms with Gasteiger partial charge in [0.1, 0.15) is 0 Å². The van der Waals surface area contributed by atoms with Gasteiger partial charge in [0.25, 0.3) is 0 Å². The second-order valence-corrected chi connectivity index (χ2v) is 5.04. The van der Waals surface area contributed by atoms with Crippen LogP contribution in [0.15, 0.2) is 0 Å². The molecule has 1 nitrogen and oxygen atoms in total. The Bertz CT molecular complexity index is 137. The third kappa shape index (κ3) is 1.10. The van der Waals surface area contributed by atoms with Crippen LogP contribution in [0.25, 0.3) is 0 Å². The molecule has 64 valence electrons. The van der Waals surface area contributed by atoms with Crippen molar-refractivity contribution < 1.29 is 0 Å². The van der Waals surface area contributed by atoms with Crippen molar-refractivity contribution in [2.45, 2.75) is 64.1 Å². The zero-order valence-electron chi connectivity index (χ0n) is 7.93. The Morgan fingerprint density at radius 1 is 0.909 bits per heavy atom. The summed E-state index contributed by atoms with van der Waals surface area (Å²) in [6.45, 7) is 7.05. The topological polar surface area (TPSA) is 3.24 Å². The standard InChI is InChI=1S/C10H19N/c1-10(2,3)11-8-4-5-9(11)7-6-8/h8-9H,4-7H2,1-3H3. The number of hydrogen-bond donors (Lipinski definition) is 0. The van der Waals surface area contributed by atoms with Crippen molar-refractivity contribution in [1.29, 1.82) is 0 Å². The molecule has 0 amide bonds. The Balaban J connectivity index is 2.16. The lowest BCUT2D eigenvalue weighted by molar-refractivity contribution is 0.117. The molecule has 0 saturated carbocycles. The van der Waals surface area contributed by atoms with Crippen molar-refractivity contribution in [3.05, 3.63) is 0 Å². The van der Waals surface area contributed by atoms with E-state index in [9.17, 15) is 0 Å². The molecule has 0 N–H and O–H groups in total. The van der Waals surface area contributed by atoms with Crippen molar-refractivity contribution in [3.8, 4) is 0 Å². The second-order valence-electron chi connectivity index (χ2n) is 5.04. The van der Waals surface area contributed by atoms with Crippen molar-refractivity contribution in [3.63, 3.8) is 0 Å². The van der Waals surface area contributed by atoms with E-state index in [2.05, 4.69) is 25.7 Å². The van der Waals surface area contributed by atoms with Gasteiger partial charge in [0.2, 0.25) is 0 Å². The van der Waals surface area contributed by atoms with Crippen molar-refractivity contribution in [1.82, 2.24) is 4.90 Å². The maximum atomic E-state index is 2.74. The summed E-state index contributed by atoms with van der Waals surface area (Å²) < 4.78 is 0. The molecule has 0 aromatic heterocycles. The van der Waals surface area contributed by atoms with Crippen LogP contribution in [-0.2, 0) is 0 Å². The minimum absolute atomic E-state index is 0.419. The molecular weight excluding hydrogens is 134 g/mol. The van der Waals surface area contributed by atoms with E-state index in [-0.39, 0.29) is 0 Å². The third-order valence-electron chi connectivity index (χ3n) is 3.23. The summed E-state index contributed by atoms with van der Waals surface area (Å²) in [6.07, 6.45) is 5.84. The van der Waals surface area contributed by atoms with Gasteiger partial charge in [-0.15, -0.1) is 0 Å². The number of fused-ring (bicyclic) bond motifs is 2. The van der Waals surface area contributed by atoms with Gasteiger partial charge in [-0.2, -0.15) is 0 Å². The van der Waals surface area contributed by atoms with Crippen LogP contribution in [0.5, 0.6) is 0 Å². The monoisotopic (exact) mass is 153 g/mol. The molecule has 0 spiro atoms. The first-order valence-corrected chi connectivity index (χ1v) is 4.87. The first-order chi connectivity index (χ1) is 5.09. The summed E-state index contributed by atoms with van der Waals surface area (Å²) in [7, 11) is 0. The SMILES string of the molecule is CC(C)(C)N1C2CCC1CC2. The molecule has 0 aromatic rings. The van der Waals surface area contributed by atoms with E-state index in [0.717, 1.165) is 12.1 Å². The van der Waals surface area contributed by atoms with Gasteiger partial charge in [-0.05, 0) is 46.5 Å². The van der Waals surface area contributed by atoms with Crippen LogP contribution >= 0.6 is 0 Å². The van der Waals surface area contributed by atoms with E-state index < -0.39 is 0 Å². The molecule has 0 aromatic carbocycles. The van der Waals surface area contributed by atoms with Crippen LogP contribution in [0.2, 0.25) is 0 Å². The van der Waals surface area contributed by atoms with E-state index in [0.29, 0.717) is 5.54 Å². The van der Waals surface area contributed by atoms with Crippen molar-refractivity contribution in [2.24, 2.45) is 0 Å². The highest BCUT2D eigenvalue weighted by Gasteiger charge is 2.44. The lowest BCUT2D eigenvalue weighted by Gasteiger charge is -2.36. The summed E-state index contributed by atoms with van der Waals surface area (Å²) in [5, 5.41) is 0. The smallest absolute Gasteiger partial charge is 0.0130 e. The zero-order chi connectivity index (χ0) is 8.06. The second kappa shape index (κ2) is 2.22. The molecular formula is C10H19N. The van der Waals surface area contributed by atoms with Gasteiger partial charge in [0, 0.05) is 17.6 Å². The molecule has 0 unspecified atom stereocenters. The fraction of sp³-hybridized carbons (Fsp3) is 1.00. The Morgan fingerprint density at radius 3 is 1.45 bits per heavy atom. The van der Waals surface area contributed by atoms with E-state index in [4.69, 9.17) is 0 Å². The first kappa shape index (κ1) is 7.60.